The first kappa shape index (κ1) is 18.8. The molecule has 0 aliphatic rings. The molecule has 0 aromatic heterocycles. The minimum Gasteiger partial charge on any atom is -0.493 e. The van der Waals surface area contributed by atoms with Gasteiger partial charge in [-0.3, -0.25) is 4.72 Å². The highest BCUT2D eigenvalue weighted by atomic mass is 32.2. The van der Waals surface area contributed by atoms with Gasteiger partial charge in [0.25, 0.3) is 10.0 Å². The lowest BCUT2D eigenvalue weighted by Gasteiger charge is -2.13. The molecule has 136 valence electrons. The van der Waals surface area contributed by atoms with Crippen LogP contribution in [0.5, 0.6) is 11.5 Å². The molecule has 0 aliphatic heterocycles. The Kier molecular flexibility index (Phi) is 5.07. The molecule has 2 aromatic rings. The maximum Gasteiger partial charge on any atom is 0.262 e. The van der Waals surface area contributed by atoms with Crippen molar-refractivity contribution in [2.75, 3.05) is 18.9 Å². The number of hydrogen-bond acceptors (Lipinski definition) is 4. The van der Waals surface area contributed by atoms with Crippen molar-refractivity contribution in [2.24, 2.45) is 0 Å². The molecule has 5 nitrogen and oxygen atoms in total. The normalized spacial score (nSPS) is 11.3. The zero-order valence-electron chi connectivity index (χ0n) is 12.7. The van der Waals surface area contributed by atoms with Crippen LogP contribution in [0.15, 0.2) is 23.1 Å². The summed E-state index contributed by atoms with van der Waals surface area (Å²) in [5.74, 6) is -11.4. The highest BCUT2D eigenvalue weighted by molar-refractivity contribution is 7.92. The van der Waals surface area contributed by atoms with Crippen molar-refractivity contribution < 1.29 is 39.8 Å². The zero-order chi connectivity index (χ0) is 18.9. The van der Waals surface area contributed by atoms with Crippen LogP contribution in [0.4, 0.5) is 27.6 Å². The lowest BCUT2D eigenvalue weighted by Crippen LogP contribution is -2.17. The summed E-state index contributed by atoms with van der Waals surface area (Å²) in [6, 6.07) is 3.13. The predicted molar refractivity (Wildman–Crippen MR) is 76.6 cm³/mol. The van der Waals surface area contributed by atoms with Gasteiger partial charge >= 0.3 is 0 Å². The van der Waals surface area contributed by atoms with Crippen LogP contribution in [-0.4, -0.2) is 22.6 Å². The number of anilines is 1. The van der Waals surface area contributed by atoms with E-state index in [9.17, 15) is 30.4 Å². The van der Waals surface area contributed by atoms with Crippen molar-refractivity contribution in [3.63, 3.8) is 0 Å². The number of rotatable bonds is 5. The van der Waals surface area contributed by atoms with Crippen LogP contribution in [-0.2, 0) is 10.0 Å². The Morgan fingerprint density at radius 1 is 0.800 bits per heavy atom. The minimum absolute atomic E-state index is 0.0252. The Balaban J connectivity index is 2.54. The topological polar surface area (TPSA) is 64.6 Å². The van der Waals surface area contributed by atoms with E-state index >= 15 is 0 Å². The molecule has 11 heteroatoms. The van der Waals surface area contributed by atoms with Gasteiger partial charge in [-0.2, -0.15) is 0 Å². The fourth-order valence-electron chi connectivity index (χ4n) is 1.87. The number of ether oxygens (including phenoxy) is 2. The van der Waals surface area contributed by atoms with E-state index < -0.39 is 49.7 Å². The monoisotopic (exact) mass is 383 g/mol. The van der Waals surface area contributed by atoms with E-state index in [1.807, 2.05) is 0 Å². The Hall–Kier alpha value is -2.56. The number of benzene rings is 2. The van der Waals surface area contributed by atoms with Gasteiger partial charge in [-0.15, -0.1) is 0 Å². The molecule has 0 unspecified atom stereocenters. The molecule has 0 heterocycles. The van der Waals surface area contributed by atoms with E-state index in [1.54, 1.807) is 0 Å². The fourth-order valence-corrected chi connectivity index (χ4v) is 2.95. The van der Waals surface area contributed by atoms with E-state index in [0.29, 0.717) is 0 Å². The maximum atomic E-state index is 13.6. The molecule has 0 radical (unpaired) electrons. The lowest BCUT2D eigenvalue weighted by atomic mass is 10.2. The molecule has 0 saturated carbocycles. The molecule has 0 fully saturated rings. The van der Waals surface area contributed by atoms with Crippen LogP contribution in [0.25, 0.3) is 0 Å². The minimum atomic E-state index is -4.68. The maximum absolute atomic E-state index is 13.6. The number of hydrogen-bond donors (Lipinski definition) is 1. The third-order valence-corrected chi connectivity index (χ3v) is 4.46. The highest BCUT2D eigenvalue weighted by Gasteiger charge is 2.29. The highest BCUT2D eigenvalue weighted by Crippen LogP contribution is 2.32. The summed E-state index contributed by atoms with van der Waals surface area (Å²) in [5.41, 5.74) is -1.69. The summed E-state index contributed by atoms with van der Waals surface area (Å²) < 4.78 is 102. The molecule has 0 bridgehead atoms. The number of methoxy groups -OCH3 is 2. The second-order valence-corrected chi connectivity index (χ2v) is 6.25. The van der Waals surface area contributed by atoms with Crippen molar-refractivity contribution in [3.8, 4) is 11.5 Å². The third-order valence-electron chi connectivity index (χ3n) is 3.11. The molecule has 0 amide bonds. The van der Waals surface area contributed by atoms with E-state index in [1.165, 1.54) is 25.0 Å². The third kappa shape index (κ3) is 3.31. The van der Waals surface area contributed by atoms with Crippen LogP contribution < -0.4 is 14.2 Å². The molecule has 0 aliphatic carbocycles. The van der Waals surface area contributed by atoms with Gasteiger partial charge in [0, 0.05) is 6.07 Å². The van der Waals surface area contributed by atoms with Crippen molar-refractivity contribution in [3.05, 3.63) is 47.3 Å². The average Bonchev–Trinajstić information content (AvgIpc) is 2.61. The number of nitrogens with one attached hydrogen (secondary N) is 1. The lowest BCUT2D eigenvalue weighted by molar-refractivity contribution is 0.354. The van der Waals surface area contributed by atoms with Gasteiger partial charge in [-0.1, -0.05) is 0 Å². The first-order valence-corrected chi connectivity index (χ1v) is 7.88. The smallest absolute Gasteiger partial charge is 0.262 e. The van der Waals surface area contributed by atoms with E-state index in [0.717, 1.165) is 12.1 Å². The summed E-state index contributed by atoms with van der Waals surface area (Å²) in [5, 5.41) is 0. The van der Waals surface area contributed by atoms with Crippen molar-refractivity contribution in [2.45, 2.75) is 4.90 Å². The predicted octanol–water partition coefficient (Wildman–Crippen LogP) is 3.20. The summed E-state index contributed by atoms with van der Waals surface area (Å²) in [7, 11) is -2.18. The molecule has 1 N–H and O–H groups in total. The number of halogens is 5. The Morgan fingerprint density at radius 3 is 1.76 bits per heavy atom. The Morgan fingerprint density at radius 2 is 1.28 bits per heavy atom. The largest absolute Gasteiger partial charge is 0.493 e. The van der Waals surface area contributed by atoms with Crippen molar-refractivity contribution >= 4 is 15.7 Å². The van der Waals surface area contributed by atoms with Gasteiger partial charge in [0.2, 0.25) is 5.82 Å². The van der Waals surface area contributed by atoms with Gasteiger partial charge < -0.3 is 9.47 Å². The molecule has 25 heavy (non-hydrogen) atoms. The molecular weight excluding hydrogens is 373 g/mol. The van der Waals surface area contributed by atoms with Crippen LogP contribution >= 0.6 is 0 Å². The molecule has 2 aromatic carbocycles. The van der Waals surface area contributed by atoms with Crippen LogP contribution in [0, 0.1) is 29.1 Å². The van der Waals surface area contributed by atoms with Crippen LogP contribution in [0.2, 0.25) is 0 Å². The second-order valence-electron chi connectivity index (χ2n) is 4.57. The average molecular weight is 383 g/mol. The standard InChI is InChI=1S/C14H10F5NO4S/c1-23-7-4-3-6(5-8(7)24-2)25(21,22)20-14-12(18)10(16)9(15)11(17)13(14)19/h3-5,20H,1-2H3. The summed E-state index contributed by atoms with van der Waals surface area (Å²) >= 11 is 0. The van der Waals surface area contributed by atoms with Crippen molar-refractivity contribution in [1.29, 1.82) is 0 Å². The quantitative estimate of drug-likeness (QED) is 0.489. The van der Waals surface area contributed by atoms with Gasteiger partial charge in [0.15, 0.2) is 34.8 Å². The van der Waals surface area contributed by atoms with Crippen LogP contribution in [0.1, 0.15) is 0 Å². The molecule has 2 rings (SSSR count). The molecule has 0 atom stereocenters. The molecule has 0 spiro atoms. The number of sulfonamides is 1. The SMILES string of the molecule is COc1ccc(S(=O)(=O)Nc2c(F)c(F)c(F)c(F)c2F)cc1OC. The van der Waals surface area contributed by atoms with E-state index in [2.05, 4.69) is 0 Å². The van der Waals surface area contributed by atoms with E-state index in [4.69, 9.17) is 9.47 Å². The second kappa shape index (κ2) is 6.75. The van der Waals surface area contributed by atoms with Gasteiger partial charge in [-0.25, -0.2) is 30.4 Å². The fraction of sp³-hybridized carbons (Fsp3) is 0.143. The molecule has 0 saturated heterocycles. The first-order chi connectivity index (χ1) is 11.6. The van der Waals surface area contributed by atoms with Gasteiger partial charge in [0.05, 0.1) is 19.1 Å². The van der Waals surface area contributed by atoms with E-state index in [-0.39, 0.29) is 11.5 Å². The van der Waals surface area contributed by atoms with Crippen molar-refractivity contribution in [1.82, 2.24) is 0 Å². The first-order valence-electron chi connectivity index (χ1n) is 6.40. The summed E-state index contributed by atoms with van der Waals surface area (Å²) in [4.78, 5) is -0.547. The Labute approximate surface area is 139 Å². The van der Waals surface area contributed by atoms with Gasteiger partial charge in [-0.05, 0) is 12.1 Å². The summed E-state index contributed by atoms with van der Waals surface area (Å²) in [6.45, 7) is 0. The molecular formula is C14H10F5NO4S. The zero-order valence-corrected chi connectivity index (χ0v) is 13.5. The summed E-state index contributed by atoms with van der Waals surface area (Å²) in [6.07, 6.45) is 0. The Bertz CT molecular complexity index is 904. The van der Waals surface area contributed by atoms with Gasteiger partial charge in [0.1, 0.15) is 5.69 Å². The van der Waals surface area contributed by atoms with Crippen LogP contribution in [0.3, 0.4) is 0 Å².